The van der Waals surface area contributed by atoms with Crippen LogP contribution in [0.5, 0.6) is 17.2 Å². The van der Waals surface area contributed by atoms with E-state index in [2.05, 4.69) is 32.9 Å². The van der Waals surface area contributed by atoms with Gasteiger partial charge in [-0.05, 0) is 65.6 Å². The maximum absolute atomic E-state index is 13.0. The van der Waals surface area contributed by atoms with Crippen molar-refractivity contribution < 1.29 is 28.7 Å². The summed E-state index contributed by atoms with van der Waals surface area (Å²) in [5.41, 5.74) is 2.09. The number of carbonyl (C=O) groups excluding carboxylic acids is 2. The first kappa shape index (κ1) is 29.7. The Kier molecular flexibility index (Phi) is 9.34. The number of hydrogen-bond donors (Lipinski definition) is 0. The lowest BCUT2D eigenvalue weighted by atomic mass is 9.87. The van der Waals surface area contributed by atoms with Crippen LogP contribution in [0.25, 0.3) is 6.08 Å². The van der Waals surface area contributed by atoms with Crippen molar-refractivity contribution in [1.29, 1.82) is 0 Å². The third-order valence-electron chi connectivity index (χ3n) is 6.29. The predicted octanol–water partition coefficient (Wildman–Crippen LogP) is 6.99. The highest BCUT2D eigenvalue weighted by Gasteiger charge is 2.36. The van der Waals surface area contributed by atoms with E-state index in [0.29, 0.717) is 36.9 Å². The second-order valence-electron chi connectivity index (χ2n) is 10.3. The Labute approximate surface area is 243 Å². The first-order chi connectivity index (χ1) is 19.6. The highest BCUT2D eigenvalue weighted by molar-refractivity contribution is 8.18. The molecule has 1 aliphatic rings. The van der Waals surface area contributed by atoms with Crippen LogP contribution >= 0.6 is 11.8 Å². The molecule has 9 nitrogen and oxygen atoms in total. The predicted molar refractivity (Wildman–Crippen MR) is 158 cm³/mol. The van der Waals surface area contributed by atoms with Crippen molar-refractivity contribution in [1.82, 2.24) is 4.90 Å². The van der Waals surface area contributed by atoms with E-state index in [1.807, 2.05) is 19.1 Å². The number of benzene rings is 3. The van der Waals surface area contributed by atoms with Gasteiger partial charge in [-0.2, -0.15) is 0 Å². The van der Waals surface area contributed by atoms with E-state index in [1.54, 1.807) is 30.3 Å². The summed E-state index contributed by atoms with van der Waals surface area (Å²) in [6.45, 7) is 9.20. The normalized spacial score (nSPS) is 14.4. The zero-order valence-corrected chi connectivity index (χ0v) is 24.2. The molecule has 3 aromatic rings. The monoisotopic (exact) mass is 576 g/mol. The second-order valence-corrected chi connectivity index (χ2v) is 11.3. The molecule has 0 atom stereocenters. The highest BCUT2D eigenvalue weighted by atomic mass is 32.2. The molecule has 0 bridgehead atoms. The molecule has 0 aromatic heterocycles. The first-order valence-electron chi connectivity index (χ1n) is 13.2. The van der Waals surface area contributed by atoms with Gasteiger partial charge in [-0.25, -0.2) is 0 Å². The Morgan fingerprint density at radius 3 is 2.32 bits per heavy atom. The van der Waals surface area contributed by atoms with E-state index in [4.69, 9.17) is 14.2 Å². The lowest BCUT2D eigenvalue weighted by Crippen LogP contribution is -2.27. The minimum absolute atomic E-state index is 0.0728. The summed E-state index contributed by atoms with van der Waals surface area (Å²) in [7, 11) is 0. The summed E-state index contributed by atoms with van der Waals surface area (Å²) in [5, 5.41) is 10.8. The van der Waals surface area contributed by atoms with Crippen LogP contribution in [0.2, 0.25) is 0 Å². The molecule has 0 N–H and O–H groups in total. The minimum Gasteiger partial charge on any atom is -0.490 e. The van der Waals surface area contributed by atoms with Gasteiger partial charge in [0.1, 0.15) is 19.0 Å². The van der Waals surface area contributed by atoms with Gasteiger partial charge in [0.2, 0.25) is 0 Å². The molecule has 1 aliphatic heterocycles. The second kappa shape index (κ2) is 12.9. The molecular weight excluding hydrogens is 544 g/mol. The largest absolute Gasteiger partial charge is 0.490 e. The third kappa shape index (κ3) is 7.46. The van der Waals surface area contributed by atoms with Crippen LogP contribution in [0.4, 0.5) is 10.5 Å². The Hall–Kier alpha value is -4.31. The number of hydrogen-bond acceptors (Lipinski definition) is 8. The van der Waals surface area contributed by atoms with Crippen molar-refractivity contribution in [2.24, 2.45) is 0 Å². The summed E-state index contributed by atoms with van der Waals surface area (Å²) in [6.07, 6.45) is 1.60. The van der Waals surface area contributed by atoms with Gasteiger partial charge >= 0.3 is 0 Å². The molecule has 214 valence electrons. The van der Waals surface area contributed by atoms with Crippen LogP contribution < -0.4 is 14.2 Å². The van der Waals surface area contributed by atoms with Gasteiger partial charge in [-0.1, -0.05) is 57.2 Å². The van der Waals surface area contributed by atoms with Gasteiger partial charge in [0.05, 0.1) is 23.0 Å². The number of carbonyl (C=O) groups is 2. The Morgan fingerprint density at radius 2 is 1.63 bits per heavy atom. The van der Waals surface area contributed by atoms with Crippen LogP contribution in [0.1, 0.15) is 44.4 Å². The van der Waals surface area contributed by atoms with Gasteiger partial charge in [-0.15, -0.1) is 0 Å². The van der Waals surface area contributed by atoms with Crippen molar-refractivity contribution in [3.05, 3.63) is 98.4 Å². The molecule has 1 fully saturated rings. The molecule has 10 heteroatoms. The molecule has 1 heterocycles. The molecular formula is C31H32N2O7S. The maximum atomic E-state index is 13.0. The van der Waals surface area contributed by atoms with Gasteiger partial charge in [0, 0.05) is 11.6 Å². The first-order valence-corrected chi connectivity index (χ1v) is 14.0. The highest BCUT2D eigenvalue weighted by Crippen LogP contribution is 2.36. The average Bonchev–Trinajstić information content (AvgIpc) is 3.19. The van der Waals surface area contributed by atoms with Gasteiger partial charge in [0.25, 0.3) is 16.8 Å². The molecule has 2 amide bonds. The standard InChI is InChI=1S/C31H32N2O7S/c1-5-38-27-18-21(10-15-26(27)40-17-16-39-24-13-11-23(12-14-24)31(2,3)4)19-28-29(34)32(30(35)41-28)20-22-8-6-7-9-25(22)33(36)37/h6-15,18-19H,5,16-17,20H2,1-4H3/b28-19-. The minimum atomic E-state index is -0.528. The molecule has 0 saturated carbocycles. The molecule has 0 radical (unpaired) electrons. The van der Waals surface area contributed by atoms with E-state index in [1.165, 1.54) is 23.8 Å². The molecule has 3 aromatic carbocycles. The number of nitrogens with zero attached hydrogens (tertiary/aromatic N) is 2. The molecule has 41 heavy (non-hydrogen) atoms. The van der Waals surface area contributed by atoms with E-state index in [-0.39, 0.29) is 28.1 Å². The molecule has 0 aliphatic carbocycles. The number of nitro groups is 1. The SMILES string of the molecule is CCOc1cc(/C=C2\SC(=O)N(Cc3ccccc3[N+](=O)[O-])C2=O)ccc1OCCOc1ccc(C(C)(C)C)cc1. The number of ether oxygens (including phenoxy) is 3. The molecule has 4 rings (SSSR count). The molecule has 0 unspecified atom stereocenters. The van der Waals surface area contributed by atoms with E-state index < -0.39 is 16.1 Å². The van der Waals surface area contributed by atoms with Crippen molar-refractivity contribution in [3.8, 4) is 17.2 Å². The van der Waals surface area contributed by atoms with Crippen LogP contribution in [-0.2, 0) is 16.8 Å². The summed E-state index contributed by atoms with van der Waals surface area (Å²) < 4.78 is 17.5. The smallest absolute Gasteiger partial charge is 0.293 e. The van der Waals surface area contributed by atoms with E-state index in [0.717, 1.165) is 22.4 Å². The van der Waals surface area contributed by atoms with Crippen LogP contribution in [0, 0.1) is 10.1 Å². The van der Waals surface area contributed by atoms with Crippen molar-refractivity contribution in [3.63, 3.8) is 0 Å². The summed E-state index contributed by atoms with van der Waals surface area (Å²) in [5.74, 6) is 1.28. The number of thioether (sulfide) groups is 1. The quantitative estimate of drug-likeness (QED) is 0.104. The van der Waals surface area contributed by atoms with Crippen molar-refractivity contribution >= 4 is 34.7 Å². The molecule has 0 spiro atoms. The summed E-state index contributed by atoms with van der Waals surface area (Å²) in [6, 6.07) is 19.3. The number of imide groups is 1. The lowest BCUT2D eigenvalue weighted by molar-refractivity contribution is -0.385. The zero-order valence-electron chi connectivity index (χ0n) is 23.4. The van der Waals surface area contributed by atoms with Crippen LogP contribution in [0.15, 0.2) is 71.6 Å². The fraction of sp³-hybridized carbons (Fsp3) is 0.290. The third-order valence-corrected chi connectivity index (χ3v) is 7.19. The fourth-order valence-corrected chi connectivity index (χ4v) is 4.98. The fourth-order valence-electron chi connectivity index (χ4n) is 4.14. The van der Waals surface area contributed by atoms with E-state index in [9.17, 15) is 19.7 Å². The van der Waals surface area contributed by atoms with Crippen LogP contribution in [0.3, 0.4) is 0 Å². The number of nitro benzene ring substituents is 1. The number of amides is 2. The number of para-hydroxylation sites is 1. The van der Waals surface area contributed by atoms with Crippen molar-refractivity contribution in [2.45, 2.75) is 39.7 Å². The number of rotatable bonds is 11. The maximum Gasteiger partial charge on any atom is 0.293 e. The van der Waals surface area contributed by atoms with Gasteiger partial charge < -0.3 is 14.2 Å². The Balaban J connectivity index is 1.40. The Morgan fingerprint density at radius 1 is 0.927 bits per heavy atom. The summed E-state index contributed by atoms with van der Waals surface area (Å²) in [4.78, 5) is 37.7. The zero-order chi connectivity index (χ0) is 29.6. The lowest BCUT2D eigenvalue weighted by Gasteiger charge is -2.19. The molecule has 1 saturated heterocycles. The van der Waals surface area contributed by atoms with Crippen LogP contribution in [-0.4, -0.2) is 40.8 Å². The summed E-state index contributed by atoms with van der Waals surface area (Å²) >= 11 is 0.790. The van der Waals surface area contributed by atoms with E-state index >= 15 is 0 Å². The van der Waals surface area contributed by atoms with Gasteiger partial charge in [-0.3, -0.25) is 24.6 Å². The van der Waals surface area contributed by atoms with Crippen molar-refractivity contribution in [2.75, 3.05) is 19.8 Å². The average molecular weight is 577 g/mol. The van der Waals surface area contributed by atoms with Gasteiger partial charge in [0.15, 0.2) is 11.5 Å². The topological polar surface area (TPSA) is 108 Å². The Bertz CT molecular complexity index is 1460.